The van der Waals surface area contributed by atoms with Crippen molar-refractivity contribution in [1.82, 2.24) is 20.5 Å². The Morgan fingerprint density at radius 3 is 2.33 bits per heavy atom. The Bertz CT molecular complexity index is 1130. The number of amides is 3. The lowest BCUT2D eigenvalue weighted by Gasteiger charge is -2.36. The summed E-state index contributed by atoms with van der Waals surface area (Å²) in [5.41, 5.74) is 2.99. The number of thioether (sulfide) groups is 1. The Morgan fingerprint density at radius 2 is 1.80 bits per heavy atom. The van der Waals surface area contributed by atoms with Crippen LogP contribution in [0.4, 0.5) is 4.39 Å². The number of hydrogen-bond acceptors (Lipinski definition) is 6. The normalized spacial score (nSPS) is 17.9. The van der Waals surface area contributed by atoms with Crippen molar-refractivity contribution < 1.29 is 18.8 Å². The van der Waals surface area contributed by atoms with Crippen molar-refractivity contribution in [2.45, 2.75) is 103 Å². The minimum Gasteiger partial charge on any atom is -0.350 e. The van der Waals surface area contributed by atoms with E-state index in [1.807, 2.05) is 84.5 Å². The molecule has 10 heteroatoms. The number of alkyl halides is 1. The number of carbonyl (C=O) groups excluding carboxylic acids is 3. The number of aromatic nitrogens is 1. The molecular weight excluding hydrogens is 547 g/mol. The van der Waals surface area contributed by atoms with E-state index in [9.17, 15) is 18.8 Å². The van der Waals surface area contributed by atoms with Crippen LogP contribution in [0.1, 0.15) is 78.5 Å². The molecule has 40 heavy (non-hydrogen) atoms. The Morgan fingerprint density at radius 1 is 1.18 bits per heavy atom. The third-order valence-electron chi connectivity index (χ3n) is 7.11. The molecular formula is C30H45FN4O3S2. The highest BCUT2D eigenvalue weighted by Crippen LogP contribution is 2.40. The molecule has 2 fully saturated rings. The van der Waals surface area contributed by atoms with Gasteiger partial charge in [0.2, 0.25) is 11.8 Å². The molecule has 1 aliphatic carbocycles. The van der Waals surface area contributed by atoms with Gasteiger partial charge in [0, 0.05) is 17.8 Å². The number of benzene rings is 1. The summed E-state index contributed by atoms with van der Waals surface area (Å²) in [6.45, 7) is 14.5. The van der Waals surface area contributed by atoms with E-state index >= 15 is 0 Å². The standard InChI is InChI=1S/C26H33FN4O3S2.2C2H6/c1-16-20(36-15-29-16)18-9-7-17(8-10-18)14-28-22(32)19-6-5-13-31(19)23(33)21(25(2,3)35-4)30-24(34)26(27)11-12-26;2*1-2/h7-10,15,19,21H,5-6,11-14H2,1-4H3,(H,28,32)(H,30,34);2*1-2H3. The van der Waals surface area contributed by atoms with E-state index in [0.717, 1.165) is 21.7 Å². The summed E-state index contributed by atoms with van der Waals surface area (Å²) in [6, 6.07) is 6.44. The summed E-state index contributed by atoms with van der Waals surface area (Å²) in [6.07, 6.45) is 3.46. The predicted molar refractivity (Wildman–Crippen MR) is 164 cm³/mol. The number of thiazole rings is 1. The Balaban J connectivity index is 0.00000134. The van der Waals surface area contributed by atoms with E-state index in [1.165, 1.54) is 11.8 Å². The van der Waals surface area contributed by atoms with Crippen LogP contribution in [0.15, 0.2) is 29.8 Å². The van der Waals surface area contributed by atoms with Crippen LogP contribution in [0.2, 0.25) is 0 Å². The zero-order chi connectivity index (χ0) is 30.1. The first-order valence-corrected chi connectivity index (χ1v) is 16.3. The lowest BCUT2D eigenvalue weighted by Crippen LogP contribution is -2.60. The van der Waals surface area contributed by atoms with Crippen LogP contribution in [0.3, 0.4) is 0 Å². The lowest BCUT2D eigenvalue weighted by molar-refractivity contribution is -0.142. The molecule has 1 saturated heterocycles. The van der Waals surface area contributed by atoms with Gasteiger partial charge in [-0.2, -0.15) is 11.8 Å². The molecule has 1 aromatic carbocycles. The van der Waals surface area contributed by atoms with Gasteiger partial charge in [-0.05, 0) is 63.8 Å². The molecule has 3 amide bonds. The summed E-state index contributed by atoms with van der Waals surface area (Å²) in [5, 5.41) is 5.63. The Labute approximate surface area is 247 Å². The molecule has 1 aromatic heterocycles. The van der Waals surface area contributed by atoms with Crippen LogP contribution in [0.5, 0.6) is 0 Å². The van der Waals surface area contributed by atoms with E-state index in [0.29, 0.717) is 25.9 Å². The van der Waals surface area contributed by atoms with Crippen molar-refractivity contribution in [3.05, 3.63) is 41.0 Å². The fourth-order valence-electron chi connectivity index (χ4n) is 4.38. The molecule has 1 saturated carbocycles. The van der Waals surface area contributed by atoms with Gasteiger partial charge >= 0.3 is 0 Å². The van der Waals surface area contributed by atoms with Gasteiger partial charge in [-0.3, -0.25) is 14.4 Å². The highest BCUT2D eigenvalue weighted by Gasteiger charge is 2.53. The molecule has 2 atom stereocenters. The molecule has 222 valence electrons. The van der Waals surface area contributed by atoms with Gasteiger partial charge in [-0.1, -0.05) is 52.0 Å². The minimum absolute atomic E-state index is 0.180. The van der Waals surface area contributed by atoms with Gasteiger partial charge in [-0.15, -0.1) is 11.3 Å². The van der Waals surface area contributed by atoms with Gasteiger partial charge in [0.25, 0.3) is 5.91 Å². The number of likely N-dealkylation sites (tertiary alicyclic amines) is 1. The van der Waals surface area contributed by atoms with Crippen LogP contribution >= 0.6 is 23.1 Å². The topological polar surface area (TPSA) is 91.4 Å². The van der Waals surface area contributed by atoms with Crippen molar-refractivity contribution in [3.63, 3.8) is 0 Å². The molecule has 2 aromatic rings. The van der Waals surface area contributed by atoms with Gasteiger partial charge in [-0.25, -0.2) is 9.37 Å². The van der Waals surface area contributed by atoms with Gasteiger partial charge in [0.15, 0.2) is 5.67 Å². The smallest absolute Gasteiger partial charge is 0.258 e. The highest BCUT2D eigenvalue weighted by atomic mass is 32.2. The number of nitrogens with zero attached hydrogens (tertiary/aromatic N) is 2. The quantitative estimate of drug-likeness (QED) is 0.378. The van der Waals surface area contributed by atoms with E-state index in [4.69, 9.17) is 0 Å². The number of carbonyl (C=O) groups is 3. The second kappa shape index (κ2) is 15.0. The molecule has 0 radical (unpaired) electrons. The Hall–Kier alpha value is -2.46. The summed E-state index contributed by atoms with van der Waals surface area (Å²) < 4.78 is 13.7. The average molecular weight is 593 g/mol. The number of nitrogens with one attached hydrogen (secondary N) is 2. The van der Waals surface area contributed by atoms with Gasteiger partial charge < -0.3 is 15.5 Å². The number of hydrogen-bond donors (Lipinski definition) is 2. The zero-order valence-corrected chi connectivity index (χ0v) is 26.7. The molecule has 2 heterocycles. The summed E-state index contributed by atoms with van der Waals surface area (Å²) in [4.78, 5) is 46.1. The maximum atomic E-state index is 14.4. The third-order valence-corrected chi connectivity index (χ3v) is 9.37. The van der Waals surface area contributed by atoms with Crippen LogP contribution in [-0.4, -0.2) is 62.9 Å². The minimum atomic E-state index is -1.87. The van der Waals surface area contributed by atoms with Crippen LogP contribution in [-0.2, 0) is 20.9 Å². The summed E-state index contributed by atoms with van der Waals surface area (Å²) >= 11 is 3.02. The van der Waals surface area contributed by atoms with Crippen molar-refractivity contribution in [2.24, 2.45) is 0 Å². The monoisotopic (exact) mass is 592 g/mol. The fourth-order valence-corrected chi connectivity index (χ4v) is 5.58. The van der Waals surface area contributed by atoms with E-state index in [1.54, 1.807) is 16.2 Å². The molecule has 0 bridgehead atoms. The van der Waals surface area contributed by atoms with Gasteiger partial charge in [0.05, 0.1) is 16.1 Å². The number of halogens is 1. The maximum Gasteiger partial charge on any atom is 0.258 e. The van der Waals surface area contributed by atoms with Crippen molar-refractivity contribution in [1.29, 1.82) is 0 Å². The van der Waals surface area contributed by atoms with E-state index in [2.05, 4.69) is 15.6 Å². The largest absolute Gasteiger partial charge is 0.350 e. The second-order valence-electron chi connectivity index (χ2n) is 10.1. The van der Waals surface area contributed by atoms with Crippen LogP contribution < -0.4 is 10.6 Å². The molecule has 7 nitrogen and oxygen atoms in total. The summed E-state index contributed by atoms with van der Waals surface area (Å²) in [5.74, 6) is -1.30. The molecule has 4 rings (SSSR count). The number of aryl methyl sites for hydroxylation is 1. The third kappa shape index (κ3) is 8.06. The maximum absolute atomic E-state index is 14.4. The van der Waals surface area contributed by atoms with Gasteiger partial charge in [0.1, 0.15) is 12.1 Å². The molecule has 2 aliphatic rings. The first-order chi connectivity index (χ1) is 19.1. The Kier molecular flexibility index (Phi) is 12.6. The van der Waals surface area contributed by atoms with Crippen LogP contribution in [0, 0.1) is 6.92 Å². The molecule has 1 aliphatic heterocycles. The average Bonchev–Trinajstić information content (AvgIpc) is 3.33. The van der Waals surface area contributed by atoms with Crippen LogP contribution in [0.25, 0.3) is 10.4 Å². The highest BCUT2D eigenvalue weighted by molar-refractivity contribution is 8.00. The van der Waals surface area contributed by atoms with E-state index in [-0.39, 0.29) is 24.7 Å². The first-order valence-electron chi connectivity index (χ1n) is 14.2. The van der Waals surface area contributed by atoms with Crippen molar-refractivity contribution >= 4 is 40.8 Å². The predicted octanol–water partition coefficient (Wildman–Crippen LogP) is 5.91. The lowest BCUT2D eigenvalue weighted by atomic mass is 10.00. The fraction of sp³-hybridized carbons (Fsp3) is 0.600. The van der Waals surface area contributed by atoms with Crippen molar-refractivity contribution in [3.8, 4) is 10.4 Å². The molecule has 2 N–H and O–H groups in total. The number of rotatable bonds is 9. The SMILES string of the molecule is CC.CC.CSC(C)(C)C(NC(=O)C1(F)CC1)C(=O)N1CCCC1C(=O)NCc1ccc(-c2scnc2C)cc1. The van der Waals surface area contributed by atoms with Crippen molar-refractivity contribution in [2.75, 3.05) is 12.8 Å². The molecule has 2 unspecified atom stereocenters. The van der Waals surface area contributed by atoms with E-state index < -0.39 is 28.4 Å². The second-order valence-corrected chi connectivity index (χ2v) is 12.4. The summed E-state index contributed by atoms with van der Waals surface area (Å²) in [7, 11) is 0. The molecule has 0 spiro atoms. The zero-order valence-electron chi connectivity index (χ0n) is 25.1. The first kappa shape index (κ1) is 33.7.